The van der Waals surface area contributed by atoms with E-state index in [2.05, 4.69) is 22.4 Å². The maximum Gasteiger partial charge on any atom is 0.231 e. The van der Waals surface area contributed by atoms with Crippen LogP contribution in [0.25, 0.3) is 10.2 Å². The molecule has 1 amide bonds. The second-order valence-corrected chi connectivity index (χ2v) is 8.02. The maximum absolute atomic E-state index is 12.1. The number of carbonyl (C=O) groups is 1. The molecule has 0 saturated carbocycles. The van der Waals surface area contributed by atoms with Crippen molar-refractivity contribution in [1.82, 2.24) is 4.98 Å². The van der Waals surface area contributed by atoms with Crippen molar-refractivity contribution >= 4 is 44.4 Å². The number of carbonyl (C=O) groups excluding carboxylic acids is 1. The molecule has 7 heteroatoms. The van der Waals surface area contributed by atoms with Crippen LogP contribution in [0.2, 0.25) is 0 Å². The maximum atomic E-state index is 12.1. The van der Waals surface area contributed by atoms with Gasteiger partial charge in [-0.05, 0) is 17.7 Å². The van der Waals surface area contributed by atoms with E-state index in [1.165, 1.54) is 16.9 Å². The van der Waals surface area contributed by atoms with Crippen LogP contribution in [0.15, 0.2) is 42.5 Å². The zero-order chi connectivity index (χ0) is 17.8. The molecule has 0 saturated heterocycles. The van der Waals surface area contributed by atoms with E-state index < -0.39 is 0 Å². The number of anilines is 1. The van der Waals surface area contributed by atoms with Gasteiger partial charge in [-0.15, -0.1) is 0 Å². The highest BCUT2D eigenvalue weighted by Gasteiger charge is 2.17. The number of aromatic nitrogens is 1. The lowest BCUT2D eigenvalue weighted by molar-refractivity contribution is -0.116. The highest BCUT2D eigenvalue weighted by molar-refractivity contribution is 7.98. The Bertz CT molecular complexity index is 871. The van der Waals surface area contributed by atoms with E-state index in [0.717, 1.165) is 33.9 Å². The molecule has 0 atom stereocenters. The van der Waals surface area contributed by atoms with Gasteiger partial charge in [-0.2, -0.15) is 11.8 Å². The Labute approximate surface area is 159 Å². The van der Waals surface area contributed by atoms with Gasteiger partial charge in [-0.1, -0.05) is 41.7 Å². The standard InChI is InChI=1S/C19H18N2O3S2/c22-18(7-4-8-25-11-13-5-2-1-3-6-13)21-19-20-14-9-15-16(24-12-23-15)10-17(14)26-19/h1-3,5-6,9-10H,4,7-8,11-12H2,(H,20,21,22). The Balaban J connectivity index is 1.24. The molecule has 0 unspecified atom stereocenters. The van der Waals surface area contributed by atoms with Crippen LogP contribution < -0.4 is 14.8 Å². The van der Waals surface area contributed by atoms with Gasteiger partial charge in [-0.3, -0.25) is 4.79 Å². The van der Waals surface area contributed by atoms with Gasteiger partial charge in [-0.25, -0.2) is 4.98 Å². The van der Waals surface area contributed by atoms with Crippen LogP contribution in [0.1, 0.15) is 18.4 Å². The largest absolute Gasteiger partial charge is 0.454 e. The Hall–Kier alpha value is -2.25. The zero-order valence-electron chi connectivity index (χ0n) is 14.1. The predicted molar refractivity (Wildman–Crippen MR) is 106 cm³/mol. The molecule has 2 aromatic carbocycles. The summed E-state index contributed by atoms with van der Waals surface area (Å²) in [6.07, 6.45) is 1.35. The van der Waals surface area contributed by atoms with Crippen LogP contribution in [0.3, 0.4) is 0 Å². The molecule has 26 heavy (non-hydrogen) atoms. The molecular formula is C19H18N2O3S2. The average Bonchev–Trinajstić information content (AvgIpc) is 3.25. The summed E-state index contributed by atoms with van der Waals surface area (Å²) in [5.74, 6) is 3.38. The van der Waals surface area contributed by atoms with Gasteiger partial charge in [0.15, 0.2) is 16.6 Å². The molecule has 1 aliphatic heterocycles. The number of benzene rings is 2. The number of rotatable bonds is 7. The van der Waals surface area contributed by atoms with Crippen molar-refractivity contribution in [3.63, 3.8) is 0 Å². The average molecular weight is 386 g/mol. The number of hydrogen-bond acceptors (Lipinski definition) is 6. The first-order chi connectivity index (χ1) is 12.8. The second-order valence-electron chi connectivity index (χ2n) is 5.88. The van der Waals surface area contributed by atoms with Gasteiger partial charge < -0.3 is 14.8 Å². The minimum absolute atomic E-state index is 0.00408. The Morgan fingerprint density at radius 1 is 1.19 bits per heavy atom. The summed E-state index contributed by atoms with van der Waals surface area (Å²) >= 11 is 3.30. The molecule has 0 fully saturated rings. The van der Waals surface area contributed by atoms with E-state index in [9.17, 15) is 4.79 Å². The predicted octanol–water partition coefficient (Wildman–Crippen LogP) is 4.68. The van der Waals surface area contributed by atoms with Crippen LogP contribution in [0, 0.1) is 0 Å². The third-order valence-electron chi connectivity index (χ3n) is 3.93. The van der Waals surface area contributed by atoms with E-state index in [0.29, 0.717) is 17.3 Å². The summed E-state index contributed by atoms with van der Waals surface area (Å²) in [5.41, 5.74) is 2.13. The Kier molecular flexibility index (Phi) is 5.26. The van der Waals surface area contributed by atoms with Crippen molar-refractivity contribution in [3.8, 4) is 11.5 Å². The molecule has 0 radical (unpaired) electrons. The van der Waals surface area contributed by atoms with Crippen molar-refractivity contribution in [2.75, 3.05) is 17.9 Å². The molecule has 3 aromatic rings. The highest BCUT2D eigenvalue weighted by Crippen LogP contribution is 2.38. The van der Waals surface area contributed by atoms with Crippen molar-refractivity contribution < 1.29 is 14.3 Å². The number of nitrogens with one attached hydrogen (secondary N) is 1. The molecular weight excluding hydrogens is 368 g/mol. The normalized spacial score (nSPS) is 12.5. The first kappa shape index (κ1) is 17.2. The second kappa shape index (κ2) is 7.97. The molecule has 0 bridgehead atoms. The van der Waals surface area contributed by atoms with Crippen LogP contribution in [-0.2, 0) is 10.5 Å². The summed E-state index contributed by atoms with van der Waals surface area (Å²) < 4.78 is 11.7. The number of amides is 1. The van der Waals surface area contributed by atoms with E-state index in [1.54, 1.807) is 0 Å². The van der Waals surface area contributed by atoms with E-state index in [1.807, 2.05) is 42.1 Å². The highest BCUT2D eigenvalue weighted by atomic mass is 32.2. The van der Waals surface area contributed by atoms with Crippen LogP contribution in [0.4, 0.5) is 5.13 Å². The molecule has 134 valence electrons. The Morgan fingerprint density at radius 3 is 2.85 bits per heavy atom. The zero-order valence-corrected chi connectivity index (χ0v) is 15.7. The first-order valence-electron chi connectivity index (χ1n) is 8.40. The van der Waals surface area contributed by atoms with Crippen LogP contribution in [0.5, 0.6) is 11.5 Å². The molecule has 1 aliphatic rings. The first-order valence-corrected chi connectivity index (χ1v) is 10.4. The van der Waals surface area contributed by atoms with Gasteiger partial charge in [0.1, 0.15) is 0 Å². The van der Waals surface area contributed by atoms with Gasteiger partial charge in [0.2, 0.25) is 12.7 Å². The number of hydrogen-bond donors (Lipinski definition) is 1. The van der Waals surface area contributed by atoms with Crippen molar-refractivity contribution in [2.45, 2.75) is 18.6 Å². The minimum Gasteiger partial charge on any atom is -0.454 e. The third kappa shape index (κ3) is 4.11. The van der Waals surface area contributed by atoms with Crippen molar-refractivity contribution in [3.05, 3.63) is 48.0 Å². The molecule has 4 rings (SSSR count). The van der Waals surface area contributed by atoms with Crippen molar-refractivity contribution in [2.24, 2.45) is 0 Å². The van der Waals surface area contributed by atoms with E-state index >= 15 is 0 Å². The molecule has 1 aromatic heterocycles. The fraction of sp³-hybridized carbons (Fsp3) is 0.263. The molecule has 0 spiro atoms. The summed E-state index contributed by atoms with van der Waals surface area (Å²) in [4.78, 5) is 16.6. The lowest BCUT2D eigenvalue weighted by atomic mass is 10.2. The van der Waals surface area contributed by atoms with E-state index in [4.69, 9.17) is 9.47 Å². The summed E-state index contributed by atoms with van der Waals surface area (Å²) in [6.45, 7) is 0.248. The number of ether oxygens (including phenoxy) is 2. The molecule has 1 N–H and O–H groups in total. The summed E-state index contributed by atoms with van der Waals surface area (Å²) in [7, 11) is 0. The fourth-order valence-electron chi connectivity index (χ4n) is 2.65. The molecule has 0 aliphatic carbocycles. The quantitative estimate of drug-likeness (QED) is 0.598. The Morgan fingerprint density at radius 2 is 2.00 bits per heavy atom. The number of thiazole rings is 1. The molecule has 5 nitrogen and oxygen atoms in total. The van der Waals surface area contributed by atoms with Crippen LogP contribution in [-0.4, -0.2) is 23.4 Å². The number of nitrogens with zero attached hydrogens (tertiary/aromatic N) is 1. The van der Waals surface area contributed by atoms with Gasteiger partial charge >= 0.3 is 0 Å². The monoisotopic (exact) mass is 386 g/mol. The fourth-order valence-corrected chi connectivity index (χ4v) is 4.47. The van der Waals surface area contributed by atoms with Crippen LogP contribution >= 0.6 is 23.1 Å². The topological polar surface area (TPSA) is 60.5 Å². The third-order valence-corrected chi connectivity index (χ3v) is 5.98. The minimum atomic E-state index is 0.00408. The smallest absolute Gasteiger partial charge is 0.231 e. The number of thioether (sulfide) groups is 1. The lowest BCUT2D eigenvalue weighted by Crippen LogP contribution is -2.11. The van der Waals surface area contributed by atoms with Gasteiger partial charge in [0.25, 0.3) is 0 Å². The number of fused-ring (bicyclic) bond motifs is 2. The van der Waals surface area contributed by atoms with Crippen molar-refractivity contribution in [1.29, 1.82) is 0 Å². The molecule has 2 heterocycles. The van der Waals surface area contributed by atoms with Gasteiger partial charge in [0, 0.05) is 24.3 Å². The summed E-state index contributed by atoms with van der Waals surface area (Å²) in [5, 5.41) is 3.51. The summed E-state index contributed by atoms with van der Waals surface area (Å²) in [6, 6.07) is 14.1. The SMILES string of the molecule is O=C(CCCSCc1ccccc1)Nc1nc2cc3c(cc2s1)OCO3. The van der Waals surface area contributed by atoms with Gasteiger partial charge in [0.05, 0.1) is 10.2 Å². The van der Waals surface area contributed by atoms with E-state index in [-0.39, 0.29) is 12.7 Å². The lowest BCUT2D eigenvalue weighted by Gasteiger charge is -2.03.